The minimum Gasteiger partial charge on any atom is -0.440 e. The number of likely N-dealkylation sites (tertiary alicyclic amines) is 2. The quantitative estimate of drug-likeness (QED) is 0.869. The van der Waals surface area contributed by atoms with E-state index in [1.807, 2.05) is 0 Å². The molecule has 0 saturated carbocycles. The fraction of sp³-hybridized carbons (Fsp3) is 0.500. The summed E-state index contributed by atoms with van der Waals surface area (Å²) in [5.74, 6) is -0.497. The second-order valence-corrected chi connectivity index (χ2v) is 5.90. The van der Waals surface area contributed by atoms with Gasteiger partial charge in [-0.3, -0.25) is 14.4 Å². The molecule has 0 bridgehead atoms. The van der Waals surface area contributed by atoms with Crippen molar-refractivity contribution in [2.45, 2.75) is 12.5 Å². The van der Waals surface area contributed by atoms with Crippen LogP contribution in [0.2, 0.25) is 5.22 Å². The van der Waals surface area contributed by atoms with Crippen molar-refractivity contribution in [2.75, 3.05) is 26.7 Å². The molecular formula is C14H16ClN3O4. The summed E-state index contributed by atoms with van der Waals surface area (Å²) >= 11 is 5.65. The van der Waals surface area contributed by atoms with Gasteiger partial charge in [0.2, 0.25) is 11.8 Å². The summed E-state index contributed by atoms with van der Waals surface area (Å²) in [6.45, 7) is 1.31. The summed E-state index contributed by atoms with van der Waals surface area (Å²) in [4.78, 5) is 39.0. The van der Waals surface area contributed by atoms with Gasteiger partial charge in [0.25, 0.3) is 5.91 Å². The van der Waals surface area contributed by atoms with Crippen LogP contribution in [0.5, 0.6) is 0 Å². The number of amides is 3. The lowest BCUT2D eigenvalue weighted by atomic mass is 10.1. The molecule has 3 amide bonds. The number of nitrogens with zero attached hydrogens (tertiary/aromatic N) is 2. The number of rotatable bonds is 3. The molecule has 2 saturated heterocycles. The molecule has 118 valence electrons. The van der Waals surface area contributed by atoms with E-state index in [4.69, 9.17) is 16.0 Å². The van der Waals surface area contributed by atoms with Gasteiger partial charge in [-0.05, 0) is 23.7 Å². The SMILES string of the molecule is CNC(=O)C1CC(=O)N(C2CN(C(=O)c3ccc(Cl)o3)C2)C1. The molecule has 1 aromatic rings. The van der Waals surface area contributed by atoms with Crippen molar-refractivity contribution >= 4 is 29.3 Å². The molecule has 7 nitrogen and oxygen atoms in total. The van der Waals surface area contributed by atoms with Gasteiger partial charge < -0.3 is 19.5 Å². The average molecular weight is 326 g/mol. The van der Waals surface area contributed by atoms with E-state index < -0.39 is 0 Å². The van der Waals surface area contributed by atoms with E-state index >= 15 is 0 Å². The van der Waals surface area contributed by atoms with E-state index in [0.717, 1.165) is 0 Å². The summed E-state index contributed by atoms with van der Waals surface area (Å²) in [5, 5.41) is 2.74. The van der Waals surface area contributed by atoms with E-state index in [0.29, 0.717) is 19.6 Å². The minimum absolute atomic E-state index is 0.0310. The topological polar surface area (TPSA) is 82.9 Å². The monoisotopic (exact) mass is 325 g/mol. The number of carbonyl (C=O) groups is 3. The van der Waals surface area contributed by atoms with Gasteiger partial charge in [-0.2, -0.15) is 0 Å². The molecular weight excluding hydrogens is 310 g/mol. The van der Waals surface area contributed by atoms with Crippen molar-refractivity contribution in [3.8, 4) is 0 Å². The number of furan rings is 1. The maximum Gasteiger partial charge on any atom is 0.289 e. The van der Waals surface area contributed by atoms with Crippen molar-refractivity contribution in [1.82, 2.24) is 15.1 Å². The highest BCUT2D eigenvalue weighted by Crippen LogP contribution is 2.26. The van der Waals surface area contributed by atoms with E-state index in [1.54, 1.807) is 16.8 Å². The van der Waals surface area contributed by atoms with Crippen LogP contribution < -0.4 is 5.32 Å². The van der Waals surface area contributed by atoms with Crippen LogP contribution in [-0.4, -0.2) is 60.2 Å². The van der Waals surface area contributed by atoms with Crippen LogP contribution in [0.25, 0.3) is 0 Å². The third-order valence-electron chi connectivity index (χ3n) is 4.15. The highest BCUT2D eigenvalue weighted by molar-refractivity contribution is 6.29. The van der Waals surface area contributed by atoms with Gasteiger partial charge in [-0.15, -0.1) is 0 Å². The fourth-order valence-corrected chi connectivity index (χ4v) is 3.01. The normalized spacial score (nSPS) is 21.9. The van der Waals surface area contributed by atoms with Crippen LogP contribution in [0.3, 0.4) is 0 Å². The average Bonchev–Trinajstić information content (AvgIpc) is 3.03. The van der Waals surface area contributed by atoms with Gasteiger partial charge in [0.1, 0.15) is 0 Å². The maximum atomic E-state index is 12.1. The Hall–Kier alpha value is -2.02. The van der Waals surface area contributed by atoms with Crippen LogP contribution >= 0.6 is 11.6 Å². The van der Waals surface area contributed by atoms with Crippen LogP contribution in [0.4, 0.5) is 0 Å². The maximum absolute atomic E-state index is 12.1. The molecule has 1 aromatic heterocycles. The summed E-state index contributed by atoms with van der Waals surface area (Å²) < 4.78 is 5.09. The van der Waals surface area contributed by atoms with Gasteiger partial charge in [0, 0.05) is 33.1 Å². The highest BCUT2D eigenvalue weighted by atomic mass is 35.5. The third-order valence-corrected chi connectivity index (χ3v) is 4.35. The lowest BCUT2D eigenvalue weighted by Gasteiger charge is -2.43. The number of nitrogens with one attached hydrogen (secondary N) is 1. The molecule has 0 radical (unpaired) electrons. The zero-order valence-electron chi connectivity index (χ0n) is 12.0. The zero-order valence-corrected chi connectivity index (χ0v) is 12.8. The number of hydrogen-bond donors (Lipinski definition) is 1. The van der Waals surface area contributed by atoms with E-state index in [2.05, 4.69) is 5.32 Å². The van der Waals surface area contributed by atoms with Crippen molar-refractivity contribution < 1.29 is 18.8 Å². The summed E-state index contributed by atoms with van der Waals surface area (Å²) in [6.07, 6.45) is 0.234. The largest absolute Gasteiger partial charge is 0.440 e. The molecule has 1 unspecified atom stereocenters. The summed E-state index contributed by atoms with van der Waals surface area (Å²) in [5.41, 5.74) is 0. The number of halogens is 1. The lowest BCUT2D eigenvalue weighted by Crippen LogP contribution is -2.61. The Balaban J connectivity index is 1.56. The standard InChI is InChI=1S/C14H16ClN3O4/c1-16-13(20)8-4-12(19)18(5-8)9-6-17(7-9)14(21)10-2-3-11(15)22-10/h2-3,8-9H,4-7H2,1H3,(H,16,20). The van der Waals surface area contributed by atoms with E-state index in [-0.39, 0.29) is 47.1 Å². The molecule has 22 heavy (non-hydrogen) atoms. The van der Waals surface area contributed by atoms with Crippen molar-refractivity contribution in [2.24, 2.45) is 5.92 Å². The first-order valence-corrected chi connectivity index (χ1v) is 7.43. The Kier molecular flexibility index (Phi) is 3.82. The van der Waals surface area contributed by atoms with Crippen LogP contribution in [0.15, 0.2) is 16.5 Å². The van der Waals surface area contributed by atoms with Crippen LogP contribution in [0.1, 0.15) is 17.0 Å². The zero-order chi connectivity index (χ0) is 15.9. The first-order valence-electron chi connectivity index (χ1n) is 7.05. The van der Waals surface area contributed by atoms with Crippen molar-refractivity contribution in [3.63, 3.8) is 0 Å². The molecule has 0 aliphatic carbocycles. The highest BCUT2D eigenvalue weighted by Gasteiger charge is 2.43. The molecule has 3 rings (SSSR count). The summed E-state index contributed by atoms with van der Waals surface area (Å²) in [7, 11) is 1.56. The number of hydrogen-bond acceptors (Lipinski definition) is 4. The van der Waals surface area contributed by atoms with Crippen LogP contribution in [0, 0.1) is 5.92 Å². The Morgan fingerprint density at radius 1 is 1.32 bits per heavy atom. The van der Waals surface area contributed by atoms with Crippen LogP contribution in [-0.2, 0) is 9.59 Å². The van der Waals surface area contributed by atoms with E-state index in [9.17, 15) is 14.4 Å². The molecule has 1 atom stereocenters. The van der Waals surface area contributed by atoms with Gasteiger partial charge in [-0.1, -0.05) is 0 Å². The summed E-state index contributed by atoms with van der Waals surface area (Å²) in [6, 6.07) is 3.02. The smallest absolute Gasteiger partial charge is 0.289 e. The Bertz CT molecular complexity index is 623. The second kappa shape index (κ2) is 5.64. The minimum atomic E-state index is -0.300. The molecule has 3 heterocycles. The fourth-order valence-electron chi connectivity index (χ4n) is 2.87. The Morgan fingerprint density at radius 3 is 2.64 bits per heavy atom. The Morgan fingerprint density at radius 2 is 2.05 bits per heavy atom. The molecule has 2 aliphatic heterocycles. The van der Waals surface area contributed by atoms with E-state index in [1.165, 1.54) is 12.1 Å². The molecule has 0 aromatic carbocycles. The molecule has 2 fully saturated rings. The molecule has 2 aliphatic rings. The first-order chi connectivity index (χ1) is 10.5. The van der Waals surface area contributed by atoms with Gasteiger partial charge in [0.15, 0.2) is 11.0 Å². The van der Waals surface area contributed by atoms with Gasteiger partial charge in [0.05, 0.1) is 12.0 Å². The lowest BCUT2D eigenvalue weighted by molar-refractivity contribution is -0.132. The third kappa shape index (κ3) is 2.56. The molecule has 1 N–H and O–H groups in total. The second-order valence-electron chi connectivity index (χ2n) is 5.53. The number of carbonyl (C=O) groups excluding carboxylic acids is 3. The van der Waals surface area contributed by atoms with Crippen molar-refractivity contribution in [1.29, 1.82) is 0 Å². The predicted molar refractivity (Wildman–Crippen MR) is 77.3 cm³/mol. The predicted octanol–water partition coefficient (Wildman–Crippen LogP) is 0.352. The molecule has 0 spiro atoms. The van der Waals surface area contributed by atoms with Gasteiger partial charge >= 0.3 is 0 Å². The van der Waals surface area contributed by atoms with Gasteiger partial charge in [-0.25, -0.2) is 0 Å². The van der Waals surface area contributed by atoms with Crippen molar-refractivity contribution in [3.05, 3.63) is 23.1 Å². The first kappa shape index (κ1) is 14.9. The Labute approximate surface area is 132 Å². The molecule has 8 heteroatoms.